The molecule has 7 heteroatoms. The quantitative estimate of drug-likeness (QED) is 0.829. The van der Waals surface area contributed by atoms with E-state index in [-0.39, 0.29) is 0 Å². The third-order valence-electron chi connectivity index (χ3n) is 5.80. The van der Waals surface area contributed by atoms with Gasteiger partial charge in [-0.3, -0.25) is 4.90 Å². The van der Waals surface area contributed by atoms with E-state index in [1.165, 1.54) is 32.4 Å². The Hall–Kier alpha value is -2.46. The van der Waals surface area contributed by atoms with E-state index in [2.05, 4.69) is 42.7 Å². The molecule has 2 aliphatic heterocycles. The van der Waals surface area contributed by atoms with Gasteiger partial charge >= 0.3 is 0 Å². The summed E-state index contributed by atoms with van der Waals surface area (Å²) in [7, 11) is 2.10. The van der Waals surface area contributed by atoms with Crippen molar-refractivity contribution < 1.29 is 0 Å². The first-order valence-corrected chi connectivity index (χ1v) is 9.96. The molecular formula is C20H27N7. The van der Waals surface area contributed by atoms with Crippen LogP contribution in [0.5, 0.6) is 0 Å². The monoisotopic (exact) mass is 365 g/mol. The first kappa shape index (κ1) is 17.9. The highest BCUT2D eigenvalue weighted by Gasteiger charge is 2.27. The lowest BCUT2D eigenvalue weighted by atomic mass is 9.97. The zero-order chi connectivity index (χ0) is 18.6. The van der Waals surface area contributed by atoms with Crippen LogP contribution >= 0.6 is 0 Å². The summed E-state index contributed by atoms with van der Waals surface area (Å²) in [5, 5.41) is 18.2. The van der Waals surface area contributed by atoms with Crippen LogP contribution in [0.25, 0.3) is 0 Å². The predicted molar refractivity (Wildman–Crippen MR) is 103 cm³/mol. The Labute approximate surface area is 160 Å². The average molecular weight is 365 g/mol. The number of aromatic nitrogens is 4. The Morgan fingerprint density at radius 1 is 1.15 bits per heavy atom. The van der Waals surface area contributed by atoms with E-state index in [0.717, 1.165) is 49.9 Å². The minimum absolute atomic E-state index is 0.346. The van der Waals surface area contributed by atoms with Gasteiger partial charge in [0, 0.05) is 32.3 Å². The van der Waals surface area contributed by atoms with Crippen LogP contribution in [0, 0.1) is 11.3 Å². The van der Waals surface area contributed by atoms with Gasteiger partial charge in [0.05, 0.1) is 18.2 Å². The van der Waals surface area contributed by atoms with Gasteiger partial charge in [-0.25, -0.2) is 4.98 Å². The number of piperidine rings is 2. The van der Waals surface area contributed by atoms with Gasteiger partial charge in [-0.1, -0.05) is 6.42 Å². The lowest BCUT2D eigenvalue weighted by Crippen LogP contribution is -2.36. The summed E-state index contributed by atoms with van der Waals surface area (Å²) >= 11 is 0. The molecule has 2 aromatic heterocycles. The van der Waals surface area contributed by atoms with Gasteiger partial charge in [0.25, 0.3) is 0 Å². The molecule has 0 bridgehead atoms. The second kappa shape index (κ2) is 8.05. The van der Waals surface area contributed by atoms with E-state index < -0.39 is 0 Å². The Balaban J connectivity index is 1.47. The SMILES string of the molecule is Cn1c(CN2CCCCC2)nnc1[C@H]1CCCN(c2cc(C#N)ccn2)C1. The summed E-state index contributed by atoms with van der Waals surface area (Å²) < 4.78 is 2.20. The van der Waals surface area contributed by atoms with E-state index in [0.29, 0.717) is 11.5 Å². The van der Waals surface area contributed by atoms with Crippen molar-refractivity contribution in [1.29, 1.82) is 5.26 Å². The molecule has 2 saturated heterocycles. The number of hydrogen-bond acceptors (Lipinski definition) is 6. The smallest absolute Gasteiger partial charge is 0.146 e. The molecule has 2 aliphatic rings. The van der Waals surface area contributed by atoms with Crippen LogP contribution in [-0.2, 0) is 13.6 Å². The highest BCUT2D eigenvalue weighted by molar-refractivity contribution is 5.45. The fraction of sp³-hybridized carbons (Fsp3) is 0.600. The van der Waals surface area contributed by atoms with Crippen molar-refractivity contribution in [2.75, 3.05) is 31.1 Å². The normalized spacial score (nSPS) is 21.2. The van der Waals surface area contributed by atoms with Crippen LogP contribution in [0.1, 0.15) is 55.2 Å². The van der Waals surface area contributed by atoms with Crippen molar-refractivity contribution in [2.24, 2.45) is 7.05 Å². The maximum Gasteiger partial charge on any atom is 0.146 e. The van der Waals surface area contributed by atoms with Crippen LogP contribution < -0.4 is 4.90 Å². The molecule has 0 aliphatic carbocycles. The van der Waals surface area contributed by atoms with Gasteiger partial charge in [0.2, 0.25) is 0 Å². The van der Waals surface area contributed by atoms with Crippen molar-refractivity contribution in [1.82, 2.24) is 24.6 Å². The molecule has 1 atom stereocenters. The topological polar surface area (TPSA) is 73.9 Å². The first-order valence-electron chi connectivity index (χ1n) is 9.96. The van der Waals surface area contributed by atoms with E-state index in [1.807, 2.05) is 6.07 Å². The van der Waals surface area contributed by atoms with Crippen molar-refractivity contribution in [3.05, 3.63) is 35.5 Å². The fourth-order valence-corrected chi connectivity index (χ4v) is 4.24. The number of nitrogens with zero attached hydrogens (tertiary/aromatic N) is 7. The second-order valence-corrected chi connectivity index (χ2v) is 7.67. The van der Waals surface area contributed by atoms with E-state index in [4.69, 9.17) is 5.26 Å². The lowest BCUT2D eigenvalue weighted by molar-refractivity contribution is 0.213. The van der Waals surface area contributed by atoms with E-state index >= 15 is 0 Å². The number of anilines is 1. The summed E-state index contributed by atoms with van der Waals surface area (Å²) in [5.41, 5.74) is 0.657. The summed E-state index contributed by atoms with van der Waals surface area (Å²) in [4.78, 5) is 9.23. The Kier molecular flexibility index (Phi) is 5.35. The largest absolute Gasteiger partial charge is 0.356 e. The van der Waals surface area contributed by atoms with Crippen molar-refractivity contribution in [3.63, 3.8) is 0 Å². The Morgan fingerprint density at radius 2 is 2.00 bits per heavy atom. The zero-order valence-electron chi connectivity index (χ0n) is 16.0. The van der Waals surface area contributed by atoms with Crippen molar-refractivity contribution in [2.45, 2.75) is 44.6 Å². The lowest BCUT2D eigenvalue weighted by Gasteiger charge is -2.33. The summed E-state index contributed by atoms with van der Waals surface area (Å²) in [6.45, 7) is 5.07. The first-order chi connectivity index (χ1) is 13.2. The molecule has 0 saturated carbocycles. The minimum Gasteiger partial charge on any atom is -0.356 e. The summed E-state index contributed by atoms with van der Waals surface area (Å²) in [6.07, 6.45) is 7.85. The molecule has 0 amide bonds. The fourth-order valence-electron chi connectivity index (χ4n) is 4.24. The number of likely N-dealkylation sites (tertiary alicyclic amines) is 1. The van der Waals surface area contributed by atoms with Gasteiger partial charge in [-0.15, -0.1) is 10.2 Å². The molecular weight excluding hydrogens is 338 g/mol. The Morgan fingerprint density at radius 3 is 2.81 bits per heavy atom. The molecule has 0 aromatic carbocycles. The van der Waals surface area contributed by atoms with Gasteiger partial charge < -0.3 is 9.47 Å². The minimum atomic E-state index is 0.346. The molecule has 4 heterocycles. The maximum atomic E-state index is 9.14. The van der Waals surface area contributed by atoms with Crippen LogP contribution in [-0.4, -0.2) is 50.8 Å². The van der Waals surface area contributed by atoms with Crippen LogP contribution in [0.2, 0.25) is 0 Å². The van der Waals surface area contributed by atoms with Crippen LogP contribution in [0.4, 0.5) is 5.82 Å². The van der Waals surface area contributed by atoms with E-state index in [1.54, 1.807) is 12.3 Å². The van der Waals surface area contributed by atoms with Gasteiger partial charge in [0.1, 0.15) is 17.5 Å². The molecule has 27 heavy (non-hydrogen) atoms. The molecule has 2 fully saturated rings. The van der Waals surface area contributed by atoms with Crippen LogP contribution in [0.15, 0.2) is 18.3 Å². The van der Waals surface area contributed by atoms with E-state index in [9.17, 15) is 0 Å². The number of hydrogen-bond donors (Lipinski definition) is 0. The second-order valence-electron chi connectivity index (χ2n) is 7.67. The Bertz CT molecular complexity index is 816. The highest BCUT2D eigenvalue weighted by Crippen LogP contribution is 2.28. The highest BCUT2D eigenvalue weighted by atomic mass is 15.3. The molecule has 0 radical (unpaired) electrons. The van der Waals surface area contributed by atoms with Crippen molar-refractivity contribution >= 4 is 5.82 Å². The number of pyridine rings is 1. The number of rotatable bonds is 4. The molecule has 0 N–H and O–H groups in total. The predicted octanol–water partition coefficient (Wildman–Crippen LogP) is 2.45. The summed E-state index contributed by atoms with van der Waals surface area (Å²) in [6, 6.07) is 5.83. The van der Waals surface area contributed by atoms with Gasteiger partial charge in [0.15, 0.2) is 0 Å². The van der Waals surface area contributed by atoms with Crippen molar-refractivity contribution in [3.8, 4) is 6.07 Å². The third kappa shape index (κ3) is 3.96. The molecule has 2 aromatic rings. The molecule has 4 rings (SSSR count). The van der Waals surface area contributed by atoms with Crippen LogP contribution in [0.3, 0.4) is 0 Å². The van der Waals surface area contributed by atoms with Gasteiger partial charge in [-0.05, 0) is 50.9 Å². The molecule has 142 valence electrons. The zero-order valence-corrected chi connectivity index (χ0v) is 16.0. The maximum absolute atomic E-state index is 9.14. The summed E-state index contributed by atoms with van der Waals surface area (Å²) in [5.74, 6) is 3.37. The average Bonchev–Trinajstić information content (AvgIpc) is 3.09. The molecule has 0 unspecified atom stereocenters. The molecule has 7 nitrogen and oxygen atoms in total. The number of nitriles is 1. The molecule has 0 spiro atoms. The van der Waals surface area contributed by atoms with Gasteiger partial charge in [-0.2, -0.15) is 5.26 Å². The standard InChI is InChI=1S/C20H27N7/c1-25-19(15-26-9-3-2-4-10-26)23-24-20(25)17-6-5-11-27(14-17)18-12-16(13-21)7-8-22-18/h7-8,12,17H,2-6,9-11,14-15H2,1H3/t17-/m0/s1. The third-order valence-corrected chi connectivity index (χ3v) is 5.80.